The van der Waals surface area contributed by atoms with Crippen molar-refractivity contribution in [3.8, 4) is 22.6 Å². The second-order valence-corrected chi connectivity index (χ2v) is 6.88. The monoisotopic (exact) mass is 420 g/mol. The first-order valence-electron chi connectivity index (χ1n) is 9.25. The number of carbonyl (C=O) groups is 2. The molecule has 0 aliphatic heterocycles. The highest BCUT2D eigenvalue weighted by molar-refractivity contribution is 5.97. The average Bonchev–Trinajstić information content (AvgIpc) is 2.68. The van der Waals surface area contributed by atoms with Crippen LogP contribution in [0.3, 0.4) is 0 Å². The number of carbonyl (C=O) groups excluding carboxylic acids is 2. The Hall–Kier alpha value is -4.20. The van der Waals surface area contributed by atoms with Crippen LogP contribution in [0.25, 0.3) is 33.1 Å². The molecule has 0 radical (unpaired) electrons. The lowest BCUT2D eigenvalue weighted by Gasteiger charge is -2.10. The molecule has 0 saturated carbocycles. The zero-order valence-corrected chi connectivity index (χ0v) is 16.8. The van der Waals surface area contributed by atoms with Gasteiger partial charge in [0.2, 0.25) is 0 Å². The molecule has 0 aliphatic rings. The Bertz CT molecular complexity index is 1490. The minimum atomic E-state index is -0.680. The highest BCUT2D eigenvalue weighted by Crippen LogP contribution is 2.33. The SMILES string of the molecule is CC(=O)Oc1ccc2cc(-c3cc(=O)oc4c(C)c(OC(C)=O)ccc34)c(=O)oc2c1. The molecule has 0 fully saturated rings. The minimum Gasteiger partial charge on any atom is -0.427 e. The van der Waals surface area contributed by atoms with Gasteiger partial charge in [-0.15, -0.1) is 0 Å². The highest BCUT2D eigenvalue weighted by atomic mass is 16.5. The Balaban J connectivity index is 1.93. The van der Waals surface area contributed by atoms with Crippen molar-refractivity contribution < 1.29 is 27.9 Å². The van der Waals surface area contributed by atoms with Gasteiger partial charge in [0.05, 0.1) is 5.56 Å². The van der Waals surface area contributed by atoms with Crippen molar-refractivity contribution in [2.45, 2.75) is 20.8 Å². The van der Waals surface area contributed by atoms with Crippen LogP contribution in [-0.2, 0) is 9.59 Å². The van der Waals surface area contributed by atoms with E-state index in [1.165, 1.54) is 26.0 Å². The Morgan fingerprint density at radius 1 is 0.839 bits per heavy atom. The van der Waals surface area contributed by atoms with Gasteiger partial charge in [-0.05, 0) is 37.3 Å². The summed E-state index contributed by atoms with van der Waals surface area (Å²) < 4.78 is 20.9. The third kappa shape index (κ3) is 3.83. The van der Waals surface area contributed by atoms with Gasteiger partial charge in [-0.3, -0.25) is 9.59 Å². The molecule has 0 atom stereocenters. The predicted octanol–water partition coefficient (Wildman–Crippen LogP) is 3.73. The molecule has 0 amide bonds. The van der Waals surface area contributed by atoms with Gasteiger partial charge >= 0.3 is 23.2 Å². The molecule has 0 bridgehead atoms. The van der Waals surface area contributed by atoms with Crippen LogP contribution in [0.1, 0.15) is 19.4 Å². The van der Waals surface area contributed by atoms with Crippen molar-refractivity contribution in [1.82, 2.24) is 0 Å². The third-order valence-electron chi connectivity index (χ3n) is 4.62. The molecule has 2 aromatic heterocycles. The lowest BCUT2D eigenvalue weighted by Crippen LogP contribution is -2.08. The van der Waals surface area contributed by atoms with Crippen molar-refractivity contribution in [3.63, 3.8) is 0 Å². The van der Waals surface area contributed by atoms with Crippen LogP contribution in [0.2, 0.25) is 0 Å². The van der Waals surface area contributed by atoms with E-state index in [0.29, 0.717) is 21.9 Å². The first-order valence-corrected chi connectivity index (χ1v) is 9.25. The number of rotatable bonds is 3. The molecular formula is C23H16O8. The number of aryl methyl sites for hydroxylation is 1. The number of ether oxygens (including phenoxy) is 2. The summed E-state index contributed by atoms with van der Waals surface area (Å²) in [6.07, 6.45) is 0. The van der Waals surface area contributed by atoms with E-state index in [4.69, 9.17) is 18.3 Å². The molecule has 4 aromatic rings. The summed E-state index contributed by atoms with van der Waals surface area (Å²) in [5, 5.41) is 1.05. The Morgan fingerprint density at radius 2 is 1.58 bits per heavy atom. The lowest BCUT2D eigenvalue weighted by atomic mass is 10.0. The van der Waals surface area contributed by atoms with Crippen molar-refractivity contribution >= 4 is 33.9 Å². The van der Waals surface area contributed by atoms with Crippen LogP contribution >= 0.6 is 0 Å². The fourth-order valence-corrected chi connectivity index (χ4v) is 3.34. The van der Waals surface area contributed by atoms with E-state index in [9.17, 15) is 19.2 Å². The molecular weight excluding hydrogens is 404 g/mol. The topological polar surface area (TPSA) is 113 Å². The first kappa shape index (κ1) is 20.1. The molecule has 156 valence electrons. The van der Waals surface area contributed by atoms with Crippen LogP contribution in [0, 0.1) is 6.92 Å². The van der Waals surface area contributed by atoms with Gasteiger partial charge in [-0.1, -0.05) is 0 Å². The predicted molar refractivity (Wildman–Crippen MR) is 111 cm³/mol. The normalized spacial score (nSPS) is 10.9. The molecule has 0 N–H and O–H groups in total. The molecule has 0 spiro atoms. The fourth-order valence-electron chi connectivity index (χ4n) is 3.34. The maximum Gasteiger partial charge on any atom is 0.344 e. The molecule has 0 saturated heterocycles. The third-order valence-corrected chi connectivity index (χ3v) is 4.62. The summed E-state index contributed by atoms with van der Waals surface area (Å²) in [7, 11) is 0. The number of fused-ring (bicyclic) bond motifs is 2. The van der Waals surface area contributed by atoms with Crippen molar-refractivity contribution in [3.05, 3.63) is 68.9 Å². The van der Waals surface area contributed by atoms with Gasteiger partial charge in [-0.25, -0.2) is 9.59 Å². The number of esters is 2. The van der Waals surface area contributed by atoms with Gasteiger partial charge in [0.15, 0.2) is 0 Å². The van der Waals surface area contributed by atoms with Crippen LogP contribution < -0.4 is 20.7 Å². The van der Waals surface area contributed by atoms with Gasteiger partial charge in [0.1, 0.15) is 22.7 Å². The standard InChI is InChI=1S/C23H16O8/c1-11-19(29-13(3)25)7-6-16-17(10-21(26)31-22(11)16)18-8-14-4-5-15(28-12(2)24)9-20(14)30-23(18)27/h4-10H,1-3H3. The lowest BCUT2D eigenvalue weighted by molar-refractivity contribution is -0.132. The van der Waals surface area contributed by atoms with E-state index in [2.05, 4.69) is 0 Å². The summed E-state index contributed by atoms with van der Waals surface area (Å²) in [5.74, 6) is -0.507. The molecule has 4 rings (SSSR count). The quantitative estimate of drug-likeness (QED) is 0.280. The average molecular weight is 420 g/mol. The maximum atomic E-state index is 12.7. The first-order chi connectivity index (χ1) is 14.7. The number of hydrogen-bond acceptors (Lipinski definition) is 8. The second kappa shape index (κ2) is 7.56. The summed E-state index contributed by atoms with van der Waals surface area (Å²) in [5.41, 5.74) is 0.00646. The van der Waals surface area contributed by atoms with E-state index in [-0.39, 0.29) is 28.2 Å². The van der Waals surface area contributed by atoms with Gasteiger partial charge in [0, 0.05) is 47.9 Å². The Kier molecular flexibility index (Phi) is 4.90. The van der Waals surface area contributed by atoms with E-state index < -0.39 is 23.2 Å². The summed E-state index contributed by atoms with van der Waals surface area (Å²) in [6, 6.07) is 10.6. The number of hydrogen-bond donors (Lipinski definition) is 0. The maximum absolute atomic E-state index is 12.7. The molecule has 0 unspecified atom stereocenters. The van der Waals surface area contributed by atoms with Gasteiger partial charge < -0.3 is 18.3 Å². The summed E-state index contributed by atoms with van der Waals surface area (Å²) in [4.78, 5) is 47.4. The zero-order valence-electron chi connectivity index (χ0n) is 16.8. The minimum absolute atomic E-state index is 0.158. The van der Waals surface area contributed by atoms with Crippen LogP contribution in [0.15, 0.2) is 60.9 Å². The van der Waals surface area contributed by atoms with E-state index in [0.717, 1.165) is 0 Å². The Morgan fingerprint density at radius 3 is 2.29 bits per heavy atom. The highest BCUT2D eigenvalue weighted by Gasteiger charge is 2.17. The molecule has 8 heteroatoms. The smallest absolute Gasteiger partial charge is 0.344 e. The van der Waals surface area contributed by atoms with Crippen LogP contribution in [-0.4, -0.2) is 11.9 Å². The van der Waals surface area contributed by atoms with Crippen molar-refractivity contribution in [1.29, 1.82) is 0 Å². The number of benzene rings is 2. The van der Waals surface area contributed by atoms with Crippen LogP contribution in [0.5, 0.6) is 11.5 Å². The molecule has 31 heavy (non-hydrogen) atoms. The van der Waals surface area contributed by atoms with Crippen molar-refractivity contribution in [2.75, 3.05) is 0 Å². The second-order valence-electron chi connectivity index (χ2n) is 6.88. The Labute approximate surface area is 174 Å². The van der Waals surface area contributed by atoms with E-state index in [1.807, 2.05) is 0 Å². The van der Waals surface area contributed by atoms with Crippen molar-refractivity contribution in [2.24, 2.45) is 0 Å². The molecule has 2 heterocycles. The van der Waals surface area contributed by atoms with Gasteiger partial charge in [0.25, 0.3) is 0 Å². The molecule has 0 aliphatic carbocycles. The van der Waals surface area contributed by atoms with E-state index >= 15 is 0 Å². The largest absolute Gasteiger partial charge is 0.427 e. The van der Waals surface area contributed by atoms with Crippen LogP contribution in [0.4, 0.5) is 0 Å². The zero-order chi connectivity index (χ0) is 22.3. The molecule has 2 aromatic carbocycles. The summed E-state index contributed by atoms with van der Waals surface area (Å²) in [6.45, 7) is 4.18. The van der Waals surface area contributed by atoms with Gasteiger partial charge in [-0.2, -0.15) is 0 Å². The molecule has 8 nitrogen and oxygen atoms in total. The fraction of sp³-hybridized carbons (Fsp3) is 0.130. The van der Waals surface area contributed by atoms with E-state index in [1.54, 1.807) is 37.3 Å². The summed E-state index contributed by atoms with van der Waals surface area (Å²) >= 11 is 0.